The summed E-state index contributed by atoms with van der Waals surface area (Å²) >= 11 is 0. The number of rotatable bonds is 2. The van der Waals surface area contributed by atoms with Crippen LogP contribution in [-0.4, -0.2) is 21.1 Å². The monoisotopic (exact) mass is 263 g/mol. The van der Waals surface area contributed by atoms with Crippen molar-refractivity contribution in [3.63, 3.8) is 0 Å². The minimum Gasteiger partial charge on any atom is -0.508 e. The summed E-state index contributed by atoms with van der Waals surface area (Å²) in [6.07, 6.45) is 4.71. The predicted molar refractivity (Wildman–Crippen MR) is 71.7 cm³/mol. The molecule has 3 N–H and O–H groups in total. The van der Waals surface area contributed by atoms with Gasteiger partial charge in [-0.05, 0) is 36.2 Å². The molecule has 18 heavy (non-hydrogen) atoms. The van der Waals surface area contributed by atoms with Gasteiger partial charge in [0.25, 0.3) is 0 Å². The number of hydrogen-bond donors (Lipinski definition) is 2. The van der Waals surface area contributed by atoms with Gasteiger partial charge in [-0.2, -0.15) is 0 Å². The number of aromatic hydroxyl groups is 1. The molecule has 0 bridgehead atoms. The Morgan fingerprint density at radius 3 is 2.17 bits per heavy atom. The smallest absolute Gasteiger partial charge is 0.159 e. The lowest BCUT2D eigenvalue weighted by atomic mass is 10.2. The Bertz CT molecular complexity index is 527. The molecule has 1 aliphatic rings. The average molecular weight is 264 g/mol. The first-order valence-corrected chi connectivity index (χ1v) is 5.61. The summed E-state index contributed by atoms with van der Waals surface area (Å²) in [6, 6.07) is 7.13. The van der Waals surface area contributed by atoms with Gasteiger partial charge >= 0.3 is 0 Å². The Morgan fingerprint density at radius 1 is 1.11 bits per heavy atom. The molecular weight excluding hydrogens is 250 g/mol. The van der Waals surface area contributed by atoms with E-state index in [9.17, 15) is 5.11 Å². The highest BCUT2D eigenvalue weighted by Crippen LogP contribution is 2.38. The molecule has 2 atom stereocenters. The highest BCUT2D eigenvalue weighted by Gasteiger charge is 2.35. The second-order valence-electron chi connectivity index (χ2n) is 4.39. The van der Waals surface area contributed by atoms with Gasteiger partial charge in [-0.25, -0.2) is 9.97 Å². The minimum atomic E-state index is 0. The second kappa shape index (κ2) is 4.92. The minimum absolute atomic E-state index is 0. The molecule has 1 fully saturated rings. The average Bonchev–Trinajstić information content (AvgIpc) is 3.08. The first-order valence-electron chi connectivity index (χ1n) is 5.61. The van der Waals surface area contributed by atoms with Gasteiger partial charge in [0, 0.05) is 29.9 Å². The molecule has 94 valence electrons. The summed E-state index contributed by atoms with van der Waals surface area (Å²) < 4.78 is 0. The number of aromatic nitrogens is 2. The maximum atomic E-state index is 9.20. The van der Waals surface area contributed by atoms with Crippen molar-refractivity contribution in [3.8, 4) is 17.1 Å². The standard InChI is InChI=1S/C13H13N3O.ClH/c14-12-5-11(12)9-6-15-13(16-7-9)8-1-3-10(17)4-2-8;/h1-4,6-7,11-12,17H,5,14H2;1H. The Balaban J connectivity index is 0.00000120. The van der Waals surface area contributed by atoms with Gasteiger partial charge in [0.15, 0.2) is 5.82 Å². The molecule has 0 saturated heterocycles. The van der Waals surface area contributed by atoms with E-state index < -0.39 is 0 Å². The molecule has 0 aliphatic heterocycles. The summed E-state index contributed by atoms with van der Waals surface area (Å²) in [4.78, 5) is 8.65. The SMILES string of the molecule is Cl.NC1CC1c1cnc(-c2ccc(O)cc2)nc1. The number of halogens is 1. The van der Waals surface area contributed by atoms with Crippen molar-refractivity contribution < 1.29 is 5.11 Å². The highest BCUT2D eigenvalue weighted by molar-refractivity contribution is 5.85. The van der Waals surface area contributed by atoms with E-state index >= 15 is 0 Å². The largest absolute Gasteiger partial charge is 0.508 e. The van der Waals surface area contributed by atoms with E-state index in [1.165, 1.54) is 0 Å². The van der Waals surface area contributed by atoms with Gasteiger partial charge in [0.1, 0.15) is 5.75 Å². The van der Waals surface area contributed by atoms with E-state index in [1.54, 1.807) is 24.3 Å². The van der Waals surface area contributed by atoms with E-state index in [0.29, 0.717) is 11.7 Å². The zero-order valence-corrected chi connectivity index (χ0v) is 10.5. The van der Waals surface area contributed by atoms with Crippen LogP contribution in [0.25, 0.3) is 11.4 Å². The third-order valence-electron chi connectivity index (χ3n) is 3.07. The maximum absolute atomic E-state index is 9.20. The number of benzene rings is 1. The molecule has 0 amide bonds. The Labute approximate surface area is 111 Å². The van der Waals surface area contributed by atoms with Crippen molar-refractivity contribution in [1.29, 1.82) is 0 Å². The zero-order valence-electron chi connectivity index (χ0n) is 9.65. The quantitative estimate of drug-likeness (QED) is 0.870. The summed E-state index contributed by atoms with van der Waals surface area (Å²) in [5, 5.41) is 9.20. The van der Waals surface area contributed by atoms with E-state index in [1.807, 2.05) is 12.4 Å². The van der Waals surface area contributed by atoms with Crippen LogP contribution in [0.4, 0.5) is 0 Å². The van der Waals surface area contributed by atoms with Crippen molar-refractivity contribution in [2.45, 2.75) is 18.4 Å². The fourth-order valence-corrected chi connectivity index (χ4v) is 1.89. The van der Waals surface area contributed by atoms with Crippen LogP contribution in [-0.2, 0) is 0 Å². The lowest BCUT2D eigenvalue weighted by Gasteiger charge is -2.02. The lowest BCUT2D eigenvalue weighted by molar-refractivity contribution is 0.475. The van der Waals surface area contributed by atoms with Crippen molar-refractivity contribution in [3.05, 3.63) is 42.2 Å². The molecule has 0 radical (unpaired) electrons. The molecule has 0 spiro atoms. The van der Waals surface area contributed by atoms with Crippen LogP contribution in [0.2, 0.25) is 0 Å². The van der Waals surface area contributed by atoms with Crippen LogP contribution in [0.1, 0.15) is 17.9 Å². The number of nitrogens with zero attached hydrogens (tertiary/aromatic N) is 2. The van der Waals surface area contributed by atoms with Crippen LogP contribution in [0.3, 0.4) is 0 Å². The van der Waals surface area contributed by atoms with E-state index in [4.69, 9.17) is 5.73 Å². The zero-order chi connectivity index (χ0) is 11.8. The fourth-order valence-electron chi connectivity index (χ4n) is 1.89. The molecule has 2 aromatic rings. The molecule has 1 aromatic heterocycles. The molecule has 1 aromatic carbocycles. The van der Waals surface area contributed by atoms with Crippen LogP contribution in [0.15, 0.2) is 36.7 Å². The summed E-state index contributed by atoms with van der Waals surface area (Å²) in [6.45, 7) is 0. The molecular formula is C13H14ClN3O. The topological polar surface area (TPSA) is 72.0 Å². The van der Waals surface area contributed by atoms with Crippen LogP contribution < -0.4 is 5.73 Å². The third kappa shape index (κ3) is 2.44. The lowest BCUT2D eigenvalue weighted by Crippen LogP contribution is -2.01. The predicted octanol–water partition coefficient (Wildman–Crippen LogP) is 2.09. The summed E-state index contributed by atoms with van der Waals surface area (Å²) in [5.41, 5.74) is 7.79. The van der Waals surface area contributed by atoms with E-state index in [2.05, 4.69) is 9.97 Å². The first-order chi connectivity index (χ1) is 8.24. The highest BCUT2D eigenvalue weighted by atomic mass is 35.5. The van der Waals surface area contributed by atoms with Crippen LogP contribution >= 0.6 is 12.4 Å². The van der Waals surface area contributed by atoms with Gasteiger partial charge in [-0.1, -0.05) is 0 Å². The number of phenols is 1. The van der Waals surface area contributed by atoms with Crippen molar-refractivity contribution >= 4 is 12.4 Å². The number of hydrogen-bond acceptors (Lipinski definition) is 4. The number of nitrogens with two attached hydrogens (primary N) is 1. The molecule has 3 rings (SSSR count). The fraction of sp³-hybridized carbons (Fsp3) is 0.231. The Hall–Kier alpha value is -1.65. The van der Waals surface area contributed by atoms with Gasteiger partial charge in [-0.3, -0.25) is 0 Å². The maximum Gasteiger partial charge on any atom is 0.159 e. The molecule has 1 aliphatic carbocycles. The Kier molecular flexibility index (Phi) is 3.50. The van der Waals surface area contributed by atoms with Gasteiger partial charge in [0.2, 0.25) is 0 Å². The molecule has 1 saturated carbocycles. The van der Waals surface area contributed by atoms with Gasteiger partial charge < -0.3 is 10.8 Å². The normalized spacial score (nSPS) is 21.2. The molecule has 5 heteroatoms. The van der Waals surface area contributed by atoms with Gasteiger partial charge in [-0.15, -0.1) is 12.4 Å². The third-order valence-corrected chi connectivity index (χ3v) is 3.07. The number of phenolic OH excluding ortho intramolecular Hbond substituents is 1. The van der Waals surface area contributed by atoms with Gasteiger partial charge in [0.05, 0.1) is 0 Å². The van der Waals surface area contributed by atoms with Crippen molar-refractivity contribution in [2.24, 2.45) is 5.73 Å². The van der Waals surface area contributed by atoms with E-state index in [-0.39, 0.29) is 24.2 Å². The molecule has 4 nitrogen and oxygen atoms in total. The molecule has 1 heterocycles. The molecule has 2 unspecified atom stereocenters. The van der Waals surface area contributed by atoms with Crippen molar-refractivity contribution in [2.75, 3.05) is 0 Å². The van der Waals surface area contributed by atoms with Crippen LogP contribution in [0.5, 0.6) is 5.75 Å². The second-order valence-corrected chi connectivity index (χ2v) is 4.39. The summed E-state index contributed by atoms with van der Waals surface area (Å²) in [7, 11) is 0. The Morgan fingerprint density at radius 2 is 1.67 bits per heavy atom. The van der Waals surface area contributed by atoms with E-state index in [0.717, 1.165) is 17.5 Å². The summed E-state index contributed by atoms with van der Waals surface area (Å²) in [5.74, 6) is 1.35. The van der Waals surface area contributed by atoms with Crippen LogP contribution in [0, 0.1) is 0 Å². The first kappa shape index (κ1) is 12.8. The van der Waals surface area contributed by atoms with Crippen molar-refractivity contribution in [1.82, 2.24) is 9.97 Å².